The highest BCUT2D eigenvalue weighted by molar-refractivity contribution is 7.89. The van der Waals surface area contributed by atoms with Gasteiger partial charge in [0.25, 0.3) is 0 Å². The predicted octanol–water partition coefficient (Wildman–Crippen LogP) is 2.30. The third kappa shape index (κ3) is 3.10. The highest BCUT2D eigenvalue weighted by Crippen LogP contribution is 2.38. The van der Waals surface area contributed by atoms with E-state index in [0.29, 0.717) is 24.7 Å². The fraction of sp³-hybridized carbons (Fsp3) is 0.500. The lowest BCUT2D eigenvalue weighted by Crippen LogP contribution is -2.31. The Kier molecular flexibility index (Phi) is 4.36. The van der Waals surface area contributed by atoms with Crippen LogP contribution in [0.4, 0.5) is 0 Å². The zero-order chi connectivity index (χ0) is 15.6. The summed E-state index contributed by atoms with van der Waals surface area (Å²) in [5.74, 6) is -0.419. The van der Waals surface area contributed by atoms with E-state index >= 15 is 0 Å². The summed E-state index contributed by atoms with van der Waals surface area (Å²) in [6.07, 6.45) is 4.61. The predicted molar refractivity (Wildman–Crippen MR) is 83.8 cm³/mol. The van der Waals surface area contributed by atoms with E-state index < -0.39 is 15.8 Å². The molecule has 0 unspecified atom stereocenters. The maximum atomic E-state index is 11.9. The van der Waals surface area contributed by atoms with Crippen molar-refractivity contribution in [2.75, 3.05) is 19.8 Å². The van der Waals surface area contributed by atoms with Gasteiger partial charge < -0.3 is 9.47 Å². The molecule has 1 spiro atoms. The molecule has 5 nitrogen and oxygen atoms in total. The monoisotopic (exact) mass is 323 g/mol. The molecular weight excluding hydrogens is 302 g/mol. The summed E-state index contributed by atoms with van der Waals surface area (Å²) in [6.45, 7) is 3.49. The van der Waals surface area contributed by atoms with Crippen molar-refractivity contribution in [1.29, 1.82) is 0 Å². The topological polar surface area (TPSA) is 64.6 Å². The molecule has 1 heterocycles. The van der Waals surface area contributed by atoms with Gasteiger partial charge in [0.15, 0.2) is 5.79 Å². The van der Waals surface area contributed by atoms with Crippen LogP contribution in [0.25, 0.3) is 5.57 Å². The van der Waals surface area contributed by atoms with Crippen molar-refractivity contribution in [3.8, 4) is 0 Å². The molecule has 1 aromatic rings. The van der Waals surface area contributed by atoms with Crippen LogP contribution in [0.15, 0.2) is 35.2 Å². The third-order valence-electron chi connectivity index (χ3n) is 4.12. The maximum Gasteiger partial charge on any atom is 0.240 e. The summed E-state index contributed by atoms with van der Waals surface area (Å²) in [5, 5.41) is 0. The second-order valence-electron chi connectivity index (χ2n) is 5.57. The SMILES string of the molecule is CCNS(=O)(=O)c1ccc(C2=CCC3(CC2)OCCO3)cc1. The molecule has 6 heteroatoms. The molecule has 1 aliphatic heterocycles. The standard InChI is InChI=1S/C16H21NO4S/c1-2-17-22(18,19)15-5-3-13(4-6-15)14-7-9-16(10-8-14)20-11-12-21-16/h3-7,17H,2,8-12H2,1H3. The van der Waals surface area contributed by atoms with E-state index in [1.165, 1.54) is 5.57 Å². The number of allylic oxidation sites excluding steroid dienone is 1. The van der Waals surface area contributed by atoms with E-state index in [2.05, 4.69) is 10.8 Å². The zero-order valence-corrected chi connectivity index (χ0v) is 13.5. The van der Waals surface area contributed by atoms with Crippen LogP contribution in [0, 0.1) is 0 Å². The molecular formula is C16H21NO4S. The Morgan fingerprint density at radius 2 is 1.86 bits per heavy atom. The average Bonchev–Trinajstić information content (AvgIpc) is 2.96. The van der Waals surface area contributed by atoms with Gasteiger partial charge in [0, 0.05) is 19.4 Å². The fourth-order valence-corrected chi connectivity index (χ4v) is 3.99. The minimum atomic E-state index is -3.39. The van der Waals surface area contributed by atoms with Gasteiger partial charge in [0.2, 0.25) is 10.0 Å². The Labute approximate surface area is 131 Å². The smallest absolute Gasteiger partial charge is 0.240 e. The summed E-state index contributed by atoms with van der Waals surface area (Å²) >= 11 is 0. The van der Waals surface area contributed by atoms with Gasteiger partial charge in [0.1, 0.15) is 0 Å². The van der Waals surface area contributed by atoms with Gasteiger partial charge in [-0.2, -0.15) is 0 Å². The second kappa shape index (κ2) is 6.12. The van der Waals surface area contributed by atoms with E-state index in [4.69, 9.17) is 9.47 Å². The molecule has 0 radical (unpaired) electrons. The lowest BCUT2D eigenvalue weighted by Gasteiger charge is -2.30. The fourth-order valence-electron chi connectivity index (χ4n) is 2.95. The average molecular weight is 323 g/mol. The number of sulfonamides is 1. The van der Waals surface area contributed by atoms with Crippen LogP contribution in [0.2, 0.25) is 0 Å². The van der Waals surface area contributed by atoms with Gasteiger partial charge in [-0.15, -0.1) is 0 Å². The minimum absolute atomic E-state index is 0.299. The molecule has 0 bridgehead atoms. The molecule has 2 aliphatic rings. The normalized spacial score (nSPS) is 21.0. The summed E-state index contributed by atoms with van der Waals surface area (Å²) in [5.41, 5.74) is 2.28. The van der Waals surface area contributed by atoms with Crippen LogP contribution < -0.4 is 4.72 Å². The molecule has 22 heavy (non-hydrogen) atoms. The number of ether oxygens (including phenoxy) is 2. The summed E-state index contributed by atoms with van der Waals surface area (Å²) in [6, 6.07) is 7.04. The summed E-state index contributed by atoms with van der Waals surface area (Å²) in [7, 11) is -3.39. The van der Waals surface area contributed by atoms with Crippen molar-refractivity contribution in [3.63, 3.8) is 0 Å². The highest BCUT2D eigenvalue weighted by atomic mass is 32.2. The molecule has 1 N–H and O–H groups in total. The number of nitrogens with one attached hydrogen (secondary N) is 1. The van der Waals surface area contributed by atoms with Gasteiger partial charge in [-0.3, -0.25) is 0 Å². The van der Waals surface area contributed by atoms with Crippen LogP contribution in [-0.2, 0) is 19.5 Å². The molecule has 1 fully saturated rings. The third-order valence-corrected chi connectivity index (χ3v) is 5.68. The number of hydrogen-bond acceptors (Lipinski definition) is 4. The van der Waals surface area contributed by atoms with E-state index in [1.807, 2.05) is 12.1 Å². The largest absolute Gasteiger partial charge is 0.347 e. The zero-order valence-electron chi connectivity index (χ0n) is 12.7. The molecule has 0 amide bonds. The Morgan fingerprint density at radius 1 is 1.18 bits per heavy atom. The van der Waals surface area contributed by atoms with Crippen LogP contribution in [0.5, 0.6) is 0 Å². The lowest BCUT2D eigenvalue weighted by molar-refractivity contribution is -0.159. The summed E-state index contributed by atoms with van der Waals surface area (Å²) < 4.78 is 37.8. The molecule has 3 rings (SSSR count). The van der Waals surface area contributed by atoms with E-state index in [-0.39, 0.29) is 0 Å². The van der Waals surface area contributed by atoms with Crippen LogP contribution in [0.1, 0.15) is 31.7 Å². The van der Waals surface area contributed by atoms with Gasteiger partial charge in [0.05, 0.1) is 18.1 Å². The van der Waals surface area contributed by atoms with Crippen LogP contribution in [0.3, 0.4) is 0 Å². The van der Waals surface area contributed by atoms with Gasteiger partial charge in [-0.1, -0.05) is 25.1 Å². The van der Waals surface area contributed by atoms with Crippen molar-refractivity contribution in [1.82, 2.24) is 4.72 Å². The molecule has 0 atom stereocenters. The van der Waals surface area contributed by atoms with Gasteiger partial charge >= 0.3 is 0 Å². The first-order valence-corrected chi connectivity index (χ1v) is 9.10. The van der Waals surface area contributed by atoms with E-state index in [1.54, 1.807) is 19.1 Å². The van der Waals surface area contributed by atoms with E-state index in [0.717, 1.165) is 24.8 Å². The van der Waals surface area contributed by atoms with Gasteiger partial charge in [-0.25, -0.2) is 13.1 Å². The number of benzene rings is 1. The van der Waals surface area contributed by atoms with Crippen molar-refractivity contribution < 1.29 is 17.9 Å². The van der Waals surface area contributed by atoms with E-state index in [9.17, 15) is 8.42 Å². The van der Waals surface area contributed by atoms with Crippen molar-refractivity contribution >= 4 is 15.6 Å². The Morgan fingerprint density at radius 3 is 2.41 bits per heavy atom. The molecule has 120 valence electrons. The quantitative estimate of drug-likeness (QED) is 0.923. The maximum absolute atomic E-state index is 11.9. The molecule has 1 saturated heterocycles. The van der Waals surface area contributed by atoms with Crippen LogP contribution in [-0.4, -0.2) is 34.0 Å². The first kappa shape index (κ1) is 15.7. The second-order valence-corrected chi connectivity index (χ2v) is 7.33. The number of hydrogen-bond donors (Lipinski definition) is 1. The van der Waals surface area contributed by atoms with Crippen molar-refractivity contribution in [2.24, 2.45) is 0 Å². The first-order valence-electron chi connectivity index (χ1n) is 7.62. The number of rotatable bonds is 4. The highest BCUT2D eigenvalue weighted by Gasteiger charge is 2.37. The van der Waals surface area contributed by atoms with Crippen LogP contribution >= 0.6 is 0 Å². The van der Waals surface area contributed by atoms with Crippen molar-refractivity contribution in [3.05, 3.63) is 35.9 Å². The van der Waals surface area contributed by atoms with Crippen molar-refractivity contribution in [2.45, 2.75) is 36.9 Å². The minimum Gasteiger partial charge on any atom is -0.347 e. The Bertz CT molecular complexity index is 658. The Hall–Kier alpha value is -1.21. The first-order chi connectivity index (χ1) is 10.5. The summed E-state index contributed by atoms with van der Waals surface area (Å²) in [4.78, 5) is 0.299. The van der Waals surface area contributed by atoms with Gasteiger partial charge in [-0.05, 0) is 29.7 Å². The molecule has 0 saturated carbocycles. The molecule has 0 aromatic heterocycles. The molecule has 1 aliphatic carbocycles. The lowest BCUT2D eigenvalue weighted by atomic mass is 9.90. The molecule has 1 aromatic carbocycles. The Balaban J connectivity index is 1.75.